The van der Waals surface area contributed by atoms with Gasteiger partial charge < -0.3 is 5.32 Å². The summed E-state index contributed by atoms with van der Waals surface area (Å²) in [6, 6.07) is 0. The Hall–Kier alpha value is -0.0800. The zero-order valence-corrected chi connectivity index (χ0v) is 8.81. The monoisotopic (exact) mass is 182 g/mol. The summed E-state index contributed by atoms with van der Waals surface area (Å²) in [5.41, 5.74) is 0.562. The average molecular weight is 182 g/mol. The molecule has 0 aliphatic carbocycles. The van der Waals surface area contributed by atoms with Crippen LogP contribution in [0.5, 0.6) is 0 Å². The van der Waals surface area contributed by atoms with Gasteiger partial charge in [-0.15, -0.1) is 0 Å². The summed E-state index contributed by atoms with van der Waals surface area (Å²) in [6.07, 6.45) is 6.95. The van der Waals surface area contributed by atoms with Crippen LogP contribution in [0.2, 0.25) is 0 Å². The van der Waals surface area contributed by atoms with Crippen molar-refractivity contribution in [3.8, 4) is 0 Å². The smallest absolute Gasteiger partial charge is 0.0437 e. The van der Waals surface area contributed by atoms with Crippen LogP contribution < -0.4 is 5.32 Å². The van der Waals surface area contributed by atoms with Crippen molar-refractivity contribution >= 4 is 0 Å². The zero-order valence-electron chi connectivity index (χ0n) is 8.81. The Morgan fingerprint density at radius 2 is 2.15 bits per heavy atom. The fraction of sp³-hybridized carbons (Fsp3) is 1.00. The average Bonchev–Trinajstić information content (AvgIpc) is 2.52. The van der Waals surface area contributed by atoms with Gasteiger partial charge in [0.2, 0.25) is 0 Å². The van der Waals surface area contributed by atoms with E-state index in [-0.39, 0.29) is 0 Å². The highest BCUT2D eigenvalue weighted by molar-refractivity contribution is 5.05. The number of likely N-dealkylation sites (tertiary alicyclic amines) is 1. The molecule has 2 heterocycles. The Morgan fingerprint density at radius 3 is 2.77 bits per heavy atom. The van der Waals surface area contributed by atoms with E-state index in [4.69, 9.17) is 0 Å². The summed E-state index contributed by atoms with van der Waals surface area (Å²) in [6.45, 7) is 7.49. The SMILES string of the molecule is CCCCCN1CC2(CCCN2)C1. The molecule has 13 heavy (non-hydrogen) atoms. The third-order valence-electron chi connectivity index (χ3n) is 3.46. The summed E-state index contributed by atoms with van der Waals surface area (Å²) >= 11 is 0. The molecule has 0 amide bonds. The van der Waals surface area contributed by atoms with Gasteiger partial charge in [0.25, 0.3) is 0 Å². The summed E-state index contributed by atoms with van der Waals surface area (Å²) in [7, 11) is 0. The van der Waals surface area contributed by atoms with Crippen LogP contribution in [-0.4, -0.2) is 36.6 Å². The van der Waals surface area contributed by atoms with Crippen LogP contribution in [0.1, 0.15) is 39.0 Å². The summed E-state index contributed by atoms with van der Waals surface area (Å²) in [4.78, 5) is 2.61. The van der Waals surface area contributed by atoms with Crippen molar-refractivity contribution in [1.82, 2.24) is 10.2 Å². The number of unbranched alkanes of at least 4 members (excludes halogenated alkanes) is 2. The Bertz CT molecular complexity index is 153. The summed E-state index contributed by atoms with van der Waals surface area (Å²) in [5, 5.41) is 3.65. The molecule has 0 aromatic heterocycles. The van der Waals surface area contributed by atoms with E-state index in [1.807, 2.05) is 0 Å². The summed E-state index contributed by atoms with van der Waals surface area (Å²) in [5.74, 6) is 0. The highest BCUT2D eigenvalue weighted by atomic mass is 15.3. The molecule has 0 aromatic carbocycles. The molecule has 2 fully saturated rings. The molecular weight excluding hydrogens is 160 g/mol. The van der Waals surface area contributed by atoms with Gasteiger partial charge >= 0.3 is 0 Å². The number of rotatable bonds is 4. The second kappa shape index (κ2) is 3.97. The Labute approximate surface area is 81.7 Å². The van der Waals surface area contributed by atoms with Crippen LogP contribution >= 0.6 is 0 Å². The molecule has 1 spiro atoms. The predicted molar refractivity (Wildman–Crippen MR) is 55.9 cm³/mol. The molecule has 2 aliphatic heterocycles. The minimum Gasteiger partial charge on any atom is -0.309 e. The van der Waals surface area contributed by atoms with E-state index in [1.54, 1.807) is 0 Å². The lowest BCUT2D eigenvalue weighted by atomic mass is 9.88. The van der Waals surface area contributed by atoms with Gasteiger partial charge in [0.15, 0.2) is 0 Å². The van der Waals surface area contributed by atoms with Gasteiger partial charge in [0, 0.05) is 18.6 Å². The topological polar surface area (TPSA) is 15.3 Å². The van der Waals surface area contributed by atoms with Crippen LogP contribution in [0.3, 0.4) is 0 Å². The molecule has 0 unspecified atom stereocenters. The minimum absolute atomic E-state index is 0.562. The Morgan fingerprint density at radius 1 is 1.31 bits per heavy atom. The molecule has 76 valence electrons. The molecule has 0 aromatic rings. The maximum Gasteiger partial charge on any atom is 0.0437 e. The maximum atomic E-state index is 3.65. The lowest BCUT2D eigenvalue weighted by Gasteiger charge is -2.48. The highest BCUT2D eigenvalue weighted by Crippen LogP contribution is 2.29. The van der Waals surface area contributed by atoms with Crippen LogP contribution in [0.4, 0.5) is 0 Å². The molecule has 0 radical (unpaired) electrons. The third kappa shape index (κ3) is 2.05. The quantitative estimate of drug-likeness (QED) is 0.665. The van der Waals surface area contributed by atoms with E-state index < -0.39 is 0 Å². The second-order valence-electron chi connectivity index (χ2n) is 4.73. The van der Waals surface area contributed by atoms with Crippen molar-refractivity contribution in [3.05, 3.63) is 0 Å². The highest BCUT2D eigenvalue weighted by Gasteiger charge is 2.43. The van der Waals surface area contributed by atoms with Crippen LogP contribution in [0.25, 0.3) is 0 Å². The predicted octanol–water partition coefficient (Wildman–Crippen LogP) is 1.61. The third-order valence-corrected chi connectivity index (χ3v) is 3.46. The van der Waals surface area contributed by atoms with Gasteiger partial charge in [0.05, 0.1) is 0 Å². The van der Waals surface area contributed by atoms with Gasteiger partial charge in [-0.05, 0) is 32.4 Å². The standard InChI is InChI=1S/C11H22N2/c1-2-3-4-8-13-9-11(10-13)6-5-7-12-11/h12H,2-10H2,1H3. The molecule has 0 atom stereocenters. The van der Waals surface area contributed by atoms with E-state index in [0.717, 1.165) is 0 Å². The molecule has 2 saturated heterocycles. The van der Waals surface area contributed by atoms with Gasteiger partial charge in [-0.3, -0.25) is 4.90 Å². The molecule has 0 bridgehead atoms. The van der Waals surface area contributed by atoms with Gasteiger partial charge in [-0.2, -0.15) is 0 Å². The normalized spacial score (nSPS) is 26.5. The van der Waals surface area contributed by atoms with E-state index in [1.165, 1.54) is 58.3 Å². The van der Waals surface area contributed by atoms with E-state index in [0.29, 0.717) is 5.54 Å². The van der Waals surface area contributed by atoms with Crippen molar-refractivity contribution in [1.29, 1.82) is 0 Å². The zero-order chi connectivity index (χ0) is 9.15. The second-order valence-corrected chi connectivity index (χ2v) is 4.73. The molecule has 2 aliphatic rings. The van der Waals surface area contributed by atoms with Crippen LogP contribution in [0, 0.1) is 0 Å². The Balaban J connectivity index is 1.61. The molecule has 2 nitrogen and oxygen atoms in total. The Kier molecular flexibility index (Phi) is 2.89. The fourth-order valence-corrected chi connectivity index (χ4v) is 2.69. The number of nitrogens with zero attached hydrogens (tertiary/aromatic N) is 1. The number of nitrogens with one attached hydrogen (secondary N) is 1. The lowest BCUT2D eigenvalue weighted by Crippen LogP contribution is -2.66. The number of hydrogen-bond acceptors (Lipinski definition) is 2. The van der Waals surface area contributed by atoms with Gasteiger partial charge in [-0.1, -0.05) is 19.8 Å². The first-order chi connectivity index (χ1) is 6.35. The van der Waals surface area contributed by atoms with E-state index >= 15 is 0 Å². The van der Waals surface area contributed by atoms with E-state index in [2.05, 4.69) is 17.1 Å². The maximum absolute atomic E-state index is 3.65. The van der Waals surface area contributed by atoms with Crippen LogP contribution in [-0.2, 0) is 0 Å². The first-order valence-corrected chi connectivity index (χ1v) is 5.82. The van der Waals surface area contributed by atoms with Crippen molar-refractivity contribution in [2.45, 2.75) is 44.6 Å². The molecule has 2 rings (SSSR count). The minimum atomic E-state index is 0.562. The van der Waals surface area contributed by atoms with Gasteiger partial charge in [-0.25, -0.2) is 0 Å². The van der Waals surface area contributed by atoms with Crippen molar-refractivity contribution in [2.75, 3.05) is 26.2 Å². The molecule has 1 N–H and O–H groups in total. The molecule has 0 saturated carbocycles. The van der Waals surface area contributed by atoms with Crippen molar-refractivity contribution in [2.24, 2.45) is 0 Å². The largest absolute Gasteiger partial charge is 0.309 e. The lowest BCUT2D eigenvalue weighted by molar-refractivity contribution is 0.0543. The van der Waals surface area contributed by atoms with Crippen molar-refractivity contribution < 1.29 is 0 Å². The van der Waals surface area contributed by atoms with Crippen molar-refractivity contribution in [3.63, 3.8) is 0 Å². The molecule has 2 heteroatoms. The number of hydrogen-bond donors (Lipinski definition) is 1. The first-order valence-electron chi connectivity index (χ1n) is 5.82. The fourth-order valence-electron chi connectivity index (χ4n) is 2.69. The van der Waals surface area contributed by atoms with Gasteiger partial charge in [0.1, 0.15) is 0 Å². The van der Waals surface area contributed by atoms with E-state index in [9.17, 15) is 0 Å². The van der Waals surface area contributed by atoms with Crippen LogP contribution in [0.15, 0.2) is 0 Å². The summed E-state index contributed by atoms with van der Waals surface area (Å²) < 4.78 is 0. The first kappa shape index (κ1) is 9.47. The molecular formula is C11H22N2.